The van der Waals surface area contributed by atoms with Crippen molar-refractivity contribution >= 4 is 22.8 Å². The maximum absolute atomic E-state index is 11.7. The molecule has 3 aromatic heterocycles. The van der Waals surface area contributed by atoms with Crippen LogP contribution in [0, 0.1) is 0 Å². The first-order valence-corrected chi connectivity index (χ1v) is 10.8. The van der Waals surface area contributed by atoms with Crippen molar-refractivity contribution < 1.29 is 4.79 Å². The molecule has 2 N–H and O–H groups in total. The molecule has 0 saturated heterocycles. The zero-order valence-corrected chi connectivity index (χ0v) is 18.8. The predicted octanol–water partition coefficient (Wildman–Crippen LogP) is 3.14. The van der Waals surface area contributed by atoms with Crippen LogP contribution in [0.15, 0.2) is 42.7 Å². The van der Waals surface area contributed by atoms with Crippen molar-refractivity contribution in [2.45, 2.75) is 39.3 Å². The molecule has 5 rings (SSSR count). The minimum atomic E-state index is -0.464. The molecule has 0 saturated carbocycles. The van der Waals surface area contributed by atoms with Crippen LogP contribution in [0.4, 0.5) is 5.82 Å². The monoisotopic (exact) mass is 429 g/mol. The molecule has 0 bridgehead atoms. The molecule has 0 radical (unpaired) electrons. The normalized spacial score (nSPS) is 14.8. The molecule has 0 atom stereocenters. The van der Waals surface area contributed by atoms with E-state index in [1.165, 1.54) is 5.56 Å². The zero-order valence-electron chi connectivity index (χ0n) is 18.8. The summed E-state index contributed by atoms with van der Waals surface area (Å²) in [5, 5.41) is 4.54. The average molecular weight is 430 g/mol. The van der Waals surface area contributed by atoms with Gasteiger partial charge < -0.3 is 15.2 Å². The Balaban J connectivity index is 1.66. The van der Waals surface area contributed by atoms with E-state index >= 15 is 0 Å². The van der Waals surface area contributed by atoms with Gasteiger partial charge in [0.2, 0.25) is 5.91 Å². The maximum atomic E-state index is 11.7. The van der Waals surface area contributed by atoms with Gasteiger partial charge in [0.05, 0.1) is 23.3 Å². The Kier molecular flexibility index (Phi) is 4.54. The summed E-state index contributed by atoms with van der Waals surface area (Å²) in [5.41, 5.74) is 10.7. The third-order valence-electron chi connectivity index (χ3n) is 6.25. The fraction of sp³-hybridized carbons (Fsp3) is 0.333. The lowest BCUT2D eigenvalue weighted by atomic mass is 9.99. The van der Waals surface area contributed by atoms with Gasteiger partial charge in [-0.15, -0.1) is 0 Å². The lowest BCUT2D eigenvalue weighted by Crippen LogP contribution is -2.41. The molecule has 164 valence electrons. The van der Waals surface area contributed by atoms with Crippen LogP contribution in [0.3, 0.4) is 0 Å². The number of carbonyl (C=O) groups is 1. The molecule has 1 aliphatic heterocycles. The lowest BCUT2D eigenvalue weighted by molar-refractivity contribution is 0.100. The molecule has 1 aliphatic rings. The van der Waals surface area contributed by atoms with Gasteiger partial charge in [-0.25, -0.2) is 9.97 Å². The molecule has 0 unspecified atom stereocenters. The highest BCUT2D eigenvalue weighted by atomic mass is 16.1. The third-order valence-corrected chi connectivity index (χ3v) is 6.25. The molecule has 32 heavy (non-hydrogen) atoms. The van der Waals surface area contributed by atoms with Crippen LogP contribution in [0.2, 0.25) is 0 Å². The minimum Gasteiger partial charge on any atom is -0.366 e. The SMILES string of the molecule is CCN1c2ncc(-c3nc4cc(C(N)=O)ccc4n3Cc3ccn(C)n3)cc2CC1(C)C. The van der Waals surface area contributed by atoms with Gasteiger partial charge in [-0.2, -0.15) is 5.10 Å². The summed E-state index contributed by atoms with van der Waals surface area (Å²) in [6.45, 7) is 8.14. The Hall–Kier alpha value is -3.68. The predicted molar refractivity (Wildman–Crippen MR) is 125 cm³/mol. The number of pyridine rings is 1. The Morgan fingerprint density at radius 3 is 2.72 bits per heavy atom. The summed E-state index contributed by atoms with van der Waals surface area (Å²) in [6.07, 6.45) is 4.76. The van der Waals surface area contributed by atoms with E-state index in [1.54, 1.807) is 16.8 Å². The second-order valence-electron chi connectivity index (χ2n) is 9.01. The van der Waals surface area contributed by atoms with Crippen LogP contribution in [0.25, 0.3) is 22.4 Å². The number of nitrogens with zero attached hydrogens (tertiary/aromatic N) is 6. The first-order chi connectivity index (χ1) is 15.3. The fourth-order valence-electron chi connectivity index (χ4n) is 4.80. The number of imidazole rings is 1. The third kappa shape index (κ3) is 3.23. The van der Waals surface area contributed by atoms with Crippen molar-refractivity contribution in [1.82, 2.24) is 24.3 Å². The molecular formula is C24H27N7O. The maximum Gasteiger partial charge on any atom is 0.248 e. The van der Waals surface area contributed by atoms with E-state index in [9.17, 15) is 4.79 Å². The number of nitrogens with two attached hydrogens (primary N) is 1. The molecule has 4 heterocycles. The van der Waals surface area contributed by atoms with Crippen LogP contribution >= 0.6 is 0 Å². The van der Waals surface area contributed by atoms with Gasteiger partial charge in [0.15, 0.2) is 0 Å². The van der Waals surface area contributed by atoms with E-state index in [0.717, 1.165) is 46.9 Å². The van der Waals surface area contributed by atoms with Crippen LogP contribution in [0.1, 0.15) is 42.4 Å². The summed E-state index contributed by atoms with van der Waals surface area (Å²) in [7, 11) is 1.90. The standard InChI is InChI=1S/C24H27N7O/c1-5-31-22-16(12-24(31,2)3)10-17(13-26-22)23-27-19-11-15(21(25)32)6-7-20(19)30(23)14-18-8-9-29(4)28-18/h6-11,13H,5,12,14H2,1-4H3,(H2,25,32). The number of aromatic nitrogens is 5. The van der Waals surface area contributed by atoms with E-state index < -0.39 is 5.91 Å². The molecule has 8 heteroatoms. The van der Waals surface area contributed by atoms with Gasteiger partial charge in [-0.05, 0) is 63.1 Å². The Morgan fingerprint density at radius 2 is 2.03 bits per heavy atom. The van der Waals surface area contributed by atoms with Crippen molar-refractivity contribution in [3.05, 3.63) is 59.5 Å². The van der Waals surface area contributed by atoms with Gasteiger partial charge in [0, 0.05) is 42.7 Å². The van der Waals surface area contributed by atoms with Gasteiger partial charge in [-0.1, -0.05) is 0 Å². The summed E-state index contributed by atoms with van der Waals surface area (Å²) in [5.74, 6) is 1.38. The Morgan fingerprint density at radius 1 is 1.22 bits per heavy atom. The number of anilines is 1. The minimum absolute atomic E-state index is 0.0349. The molecule has 1 amide bonds. The van der Waals surface area contributed by atoms with E-state index in [0.29, 0.717) is 12.1 Å². The number of fused-ring (bicyclic) bond motifs is 2. The first-order valence-electron chi connectivity index (χ1n) is 10.8. The molecule has 0 aliphatic carbocycles. The summed E-state index contributed by atoms with van der Waals surface area (Å²) in [4.78, 5) is 23.8. The van der Waals surface area contributed by atoms with Gasteiger partial charge in [0.25, 0.3) is 0 Å². The fourth-order valence-corrected chi connectivity index (χ4v) is 4.80. The lowest BCUT2D eigenvalue weighted by Gasteiger charge is -2.32. The van der Waals surface area contributed by atoms with Crippen molar-refractivity contribution in [1.29, 1.82) is 0 Å². The Labute approximate surface area is 186 Å². The van der Waals surface area contributed by atoms with Gasteiger partial charge >= 0.3 is 0 Å². The number of hydrogen-bond donors (Lipinski definition) is 1. The van der Waals surface area contributed by atoms with Crippen LogP contribution in [-0.4, -0.2) is 42.3 Å². The van der Waals surface area contributed by atoms with Crippen molar-refractivity contribution in [2.75, 3.05) is 11.4 Å². The highest BCUT2D eigenvalue weighted by Gasteiger charge is 2.36. The van der Waals surface area contributed by atoms with Crippen molar-refractivity contribution in [2.24, 2.45) is 12.8 Å². The number of benzene rings is 1. The van der Waals surface area contributed by atoms with E-state index in [2.05, 4.69) is 41.4 Å². The summed E-state index contributed by atoms with van der Waals surface area (Å²) < 4.78 is 3.92. The second-order valence-corrected chi connectivity index (χ2v) is 9.01. The highest BCUT2D eigenvalue weighted by molar-refractivity contribution is 5.96. The topological polar surface area (TPSA) is 94.9 Å². The number of rotatable bonds is 5. The smallest absolute Gasteiger partial charge is 0.248 e. The first kappa shape index (κ1) is 20.2. The molecular weight excluding hydrogens is 402 g/mol. The molecule has 1 aromatic carbocycles. The van der Waals surface area contributed by atoms with E-state index in [4.69, 9.17) is 15.7 Å². The quantitative estimate of drug-likeness (QED) is 0.526. The average Bonchev–Trinajstić information content (AvgIpc) is 3.39. The largest absolute Gasteiger partial charge is 0.366 e. The zero-order chi connectivity index (χ0) is 22.6. The van der Waals surface area contributed by atoms with Crippen molar-refractivity contribution in [3.63, 3.8) is 0 Å². The number of amides is 1. The number of primary amides is 1. The van der Waals surface area contributed by atoms with E-state index in [1.807, 2.05) is 31.6 Å². The molecule has 8 nitrogen and oxygen atoms in total. The van der Waals surface area contributed by atoms with Crippen LogP contribution < -0.4 is 10.6 Å². The molecule has 4 aromatic rings. The highest BCUT2D eigenvalue weighted by Crippen LogP contribution is 2.38. The van der Waals surface area contributed by atoms with Crippen molar-refractivity contribution in [3.8, 4) is 11.4 Å². The molecule has 0 spiro atoms. The van der Waals surface area contributed by atoms with Crippen LogP contribution in [-0.2, 0) is 20.0 Å². The van der Waals surface area contributed by atoms with Gasteiger partial charge in [-0.3, -0.25) is 9.48 Å². The van der Waals surface area contributed by atoms with Gasteiger partial charge in [0.1, 0.15) is 11.6 Å². The number of hydrogen-bond acceptors (Lipinski definition) is 5. The Bertz CT molecular complexity index is 1350. The van der Waals surface area contributed by atoms with Crippen LogP contribution in [0.5, 0.6) is 0 Å². The number of likely N-dealkylation sites (N-methyl/N-ethyl adjacent to an activating group) is 1. The number of aryl methyl sites for hydroxylation is 1. The molecule has 0 fully saturated rings. The second kappa shape index (κ2) is 7.19. The number of carbonyl (C=O) groups excluding carboxylic acids is 1. The van der Waals surface area contributed by atoms with E-state index in [-0.39, 0.29) is 5.54 Å². The summed E-state index contributed by atoms with van der Waals surface area (Å²) >= 11 is 0. The summed E-state index contributed by atoms with van der Waals surface area (Å²) in [6, 6.07) is 9.59.